The summed E-state index contributed by atoms with van der Waals surface area (Å²) in [7, 11) is 3.44. The van der Waals surface area contributed by atoms with E-state index in [1.807, 2.05) is 13.8 Å². The number of hydrogen-bond donors (Lipinski definition) is 0. The molecule has 144 valence electrons. The zero-order chi connectivity index (χ0) is 20.2. The summed E-state index contributed by atoms with van der Waals surface area (Å²) in [6.07, 6.45) is 2.18. The van der Waals surface area contributed by atoms with Crippen LogP contribution in [0.25, 0.3) is 0 Å². The molecule has 0 bridgehead atoms. The van der Waals surface area contributed by atoms with Crippen LogP contribution < -0.4 is 0 Å². The van der Waals surface area contributed by atoms with Gasteiger partial charge in [0.15, 0.2) is 11.6 Å². The fourth-order valence-electron chi connectivity index (χ4n) is 3.10. The maximum atomic E-state index is 12.6. The lowest BCUT2D eigenvalue weighted by Crippen LogP contribution is -2.36. The molecule has 0 aromatic rings. The monoisotopic (exact) mass is 362 g/mol. The van der Waals surface area contributed by atoms with E-state index in [1.54, 1.807) is 37.7 Å². The van der Waals surface area contributed by atoms with Crippen molar-refractivity contribution in [2.45, 2.75) is 47.5 Å². The lowest BCUT2D eigenvalue weighted by atomic mass is 9.72. The molecule has 0 aliphatic heterocycles. The Morgan fingerprint density at radius 3 is 2.12 bits per heavy atom. The first kappa shape index (κ1) is 21.8. The molecule has 0 saturated heterocycles. The minimum Gasteiger partial charge on any atom is -0.346 e. The maximum Gasteiger partial charge on any atom is 0.223 e. The quantitative estimate of drug-likeness (QED) is 0.650. The standard InChI is InChI=1S/C20H30N2O4/c1-13-11-16(24)14(2)18(19(13)26)20(4,5)12-17(25)22(7)10-8-9-21(6)15(3)23/h11H,8-10,12H2,1-7H3. The molecule has 0 spiro atoms. The van der Waals surface area contributed by atoms with Crippen molar-refractivity contribution < 1.29 is 19.2 Å². The summed E-state index contributed by atoms with van der Waals surface area (Å²) >= 11 is 0. The van der Waals surface area contributed by atoms with Crippen molar-refractivity contribution in [3.8, 4) is 0 Å². The van der Waals surface area contributed by atoms with Crippen LogP contribution in [0.2, 0.25) is 0 Å². The molecule has 0 heterocycles. The van der Waals surface area contributed by atoms with Crippen LogP contribution in [0, 0.1) is 5.41 Å². The number of carbonyl (C=O) groups excluding carboxylic acids is 4. The summed E-state index contributed by atoms with van der Waals surface area (Å²) in [5, 5.41) is 0. The van der Waals surface area contributed by atoms with Crippen molar-refractivity contribution in [1.82, 2.24) is 9.80 Å². The average Bonchev–Trinajstić information content (AvgIpc) is 2.52. The molecule has 0 fully saturated rings. The highest BCUT2D eigenvalue weighted by molar-refractivity contribution is 6.22. The van der Waals surface area contributed by atoms with Crippen molar-refractivity contribution >= 4 is 23.4 Å². The first-order chi connectivity index (χ1) is 11.9. The second-order valence-corrected chi connectivity index (χ2v) is 7.69. The van der Waals surface area contributed by atoms with Gasteiger partial charge in [-0.1, -0.05) is 13.8 Å². The molecule has 1 aliphatic rings. The number of carbonyl (C=O) groups is 4. The molecule has 26 heavy (non-hydrogen) atoms. The first-order valence-electron chi connectivity index (χ1n) is 8.83. The molecule has 0 unspecified atom stereocenters. The van der Waals surface area contributed by atoms with Crippen LogP contribution in [0.1, 0.15) is 47.5 Å². The number of nitrogens with zero attached hydrogens (tertiary/aromatic N) is 2. The van der Waals surface area contributed by atoms with Gasteiger partial charge >= 0.3 is 0 Å². The van der Waals surface area contributed by atoms with Gasteiger partial charge in [0.2, 0.25) is 11.8 Å². The van der Waals surface area contributed by atoms with E-state index in [1.165, 1.54) is 13.0 Å². The Balaban J connectivity index is 2.78. The van der Waals surface area contributed by atoms with E-state index in [0.29, 0.717) is 36.2 Å². The number of amides is 2. The molecule has 2 amide bonds. The van der Waals surface area contributed by atoms with Gasteiger partial charge < -0.3 is 9.80 Å². The van der Waals surface area contributed by atoms with Gasteiger partial charge in [-0.3, -0.25) is 19.2 Å². The fraction of sp³-hybridized carbons (Fsp3) is 0.600. The SMILES string of the molecule is CC(=O)N(C)CCCN(C)C(=O)CC(C)(C)C1=C(C)C(=O)C=C(C)C1=O. The molecule has 0 saturated carbocycles. The van der Waals surface area contributed by atoms with Crippen molar-refractivity contribution in [2.24, 2.45) is 5.41 Å². The molecule has 0 N–H and O–H groups in total. The van der Waals surface area contributed by atoms with Crippen molar-refractivity contribution in [3.63, 3.8) is 0 Å². The Morgan fingerprint density at radius 1 is 1.04 bits per heavy atom. The third kappa shape index (κ3) is 5.13. The lowest BCUT2D eigenvalue weighted by Gasteiger charge is -2.32. The van der Waals surface area contributed by atoms with E-state index in [9.17, 15) is 19.2 Å². The van der Waals surface area contributed by atoms with Crippen molar-refractivity contribution in [3.05, 3.63) is 22.8 Å². The van der Waals surface area contributed by atoms with Crippen LogP contribution in [-0.2, 0) is 19.2 Å². The van der Waals surface area contributed by atoms with Gasteiger partial charge in [0, 0.05) is 62.7 Å². The summed E-state index contributed by atoms with van der Waals surface area (Å²) in [5.74, 6) is -0.427. The Bertz CT molecular complexity index is 686. The minimum atomic E-state index is -0.728. The van der Waals surface area contributed by atoms with E-state index in [2.05, 4.69) is 0 Å². The molecule has 0 atom stereocenters. The zero-order valence-corrected chi connectivity index (χ0v) is 16.9. The van der Waals surface area contributed by atoms with Crippen LogP contribution in [0.5, 0.6) is 0 Å². The van der Waals surface area contributed by atoms with Gasteiger partial charge in [0.25, 0.3) is 0 Å². The van der Waals surface area contributed by atoms with Crippen LogP contribution in [0.4, 0.5) is 0 Å². The average molecular weight is 362 g/mol. The minimum absolute atomic E-state index is 0.00794. The normalized spacial score (nSPS) is 15.1. The third-order valence-electron chi connectivity index (χ3n) is 4.90. The van der Waals surface area contributed by atoms with E-state index in [4.69, 9.17) is 0 Å². The number of Topliss-reactive ketones (excluding diaryl/α,β-unsaturated/α-hetero) is 1. The van der Waals surface area contributed by atoms with Crippen LogP contribution in [-0.4, -0.2) is 60.4 Å². The fourth-order valence-corrected chi connectivity index (χ4v) is 3.10. The summed E-state index contributed by atoms with van der Waals surface area (Å²) in [5.41, 5.74) is 0.537. The van der Waals surface area contributed by atoms with E-state index >= 15 is 0 Å². The number of hydrogen-bond acceptors (Lipinski definition) is 4. The smallest absolute Gasteiger partial charge is 0.223 e. The van der Waals surface area contributed by atoms with Gasteiger partial charge in [0.1, 0.15) is 0 Å². The highest BCUT2D eigenvalue weighted by atomic mass is 16.2. The summed E-state index contributed by atoms with van der Waals surface area (Å²) in [4.78, 5) is 51.7. The molecule has 6 nitrogen and oxygen atoms in total. The predicted molar refractivity (Wildman–Crippen MR) is 100 cm³/mol. The van der Waals surface area contributed by atoms with Crippen LogP contribution in [0.15, 0.2) is 22.8 Å². The van der Waals surface area contributed by atoms with Gasteiger partial charge in [0.05, 0.1) is 0 Å². The van der Waals surface area contributed by atoms with Crippen LogP contribution >= 0.6 is 0 Å². The van der Waals surface area contributed by atoms with Gasteiger partial charge in [-0.15, -0.1) is 0 Å². The van der Waals surface area contributed by atoms with Crippen LogP contribution in [0.3, 0.4) is 0 Å². The Labute approximate surface area is 155 Å². The second-order valence-electron chi connectivity index (χ2n) is 7.69. The van der Waals surface area contributed by atoms with E-state index in [-0.39, 0.29) is 29.8 Å². The molecule has 1 aliphatic carbocycles. The van der Waals surface area contributed by atoms with Crippen molar-refractivity contribution in [2.75, 3.05) is 27.2 Å². The largest absolute Gasteiger partial charge is 0.346 e. The van der Waals surface area contributed by atoms with Gasteiger partial charge in [-0.25, -0.2) is 0 Å². The summed E-state index contributed by atoms with van der Waals surface area (Å²) in [6.45, 7) is 9.53. The molecule has 0 aromatic heterocycles. The highest BCUT2D eigenvalue weighted by Gasteiger charge is 2.37. The Morgan fingerprint density at radius 2 is 1.58 bits per heavy atom. The first-order valence-corrected chi connectivity index (χ1v) is 8.83. The third-order valence-corrected chi connectivity index (χ3v) is 4.90. The molecule has 6 heteroatoms. The topological polar surface area (TPSA) is 74.8 Å². The van der Waals surface area contributed by atoms with Crippen molar-refractivity contribution in [1.29, 1.82) is 0 Å². The Kier molecular flexibility index (Phi) is 7.07. The lowest BCUT2D eigenvalue weighted by molar-refractivity contribution is -0.131. The molecule has 1 rings (SSSR count). The number of rotatable bonds is 7. The van der Waals surface area contributed by atoms with Gasteiger partial charge in [-0.05, 0) is 26.3 Å². The zero-order valence-electron chi connectivity index (χ0n) is 16.9. The molecule has 0 aromatic carbocycles. The maximum absolute atomic E-state index is 12.6. The highest BCUT2D eigenvalue weighted by Crippen LogP contribution is 2.37. The second kappa shape index (κ2) is 8.43. The predicted octanol–water partition coefficient (Wildman–Crippen LogP) is 2.14. The van der Waals surface area contributed by atoms with E-state index < -0.39 is 5.41 Å². The number of ketones is 2. The molecule has 0 radical (unpaired) electrons. The summed E-state index contributed by atoms with van der Waals surface area (Å²) in [6, 6.07) is 0. The summed E-state index contributed by atoms with van der Waals surface area (Å²) < 4.78 is 0. The van der Waals surface area contributed by atoms with Gasteiger partial charge in [-0.2, -0.15) is 0 Å². The molecular formula is C20H30N2O4. The molecular weight excluding hydrogens is 332 g/mol. The van der Waals surface area contributed by atoms with E-state index in [0.717, 1.165) is 0 Å². The Hall–Kier alpha value is -2.24. The number of allylic oxidation sites excluding steroid dienone is 4.